The lowest BCUT2D eigenvalue weighted by Gasteiger charge is -2.22. The van der Waals surface area contributed by atoms with Crippen molar-refractivity contribution in [3.8, 4) is 0 Å². The molecule has 1 aliphatic carbocycles. The molecule has 1 N–H and O–H groups in total. The Morgan fingerprint density at radius 2 is 2.13 bits per heavy atom. The number of hydrogen-bond donors (Lipinski definition) is 1. The monoisotopic (exact) mass is 313 g/mol. The van der Waals surface area contributed by atoms with Crippen molar-refractivity contribution in [2.75, 3.05) is 0 Å². The molecule has 0 heterocycles. The van der Waals surface area contributed by atoms with Gasteiger partial charge in [0.05, 0.1) is 10.6 Å². The van der Waals surface area contributed by atoms with Crippen molar-refractivity contribution >= 4 is 17.3 Å². The molecular weight excluding hydrogens is 294 g/mol. The van der Waals surface area contributed by atoms with Crippen molar-refractivity contribution in [2.24, 2.45) is 11.0 Å². The number of hydrogen-bond acceptors (Lipinski definition) is 4. The Morgan fingerprint density at radius 3 is 2.78 bits per heavy atom. The molecule has 23 heavy (non-hydrogen) atoms. The van der Waals surface area contributed by atoms with Gasteiger partial charge < -0.3 is 0 Å². The third kappa shape index (κ3) is 3.91. The zero-order chi connectivity index (χ0) is 17.0. The van der Waals surface area contributed by atoms with Gasteiger partial charge in [-0.3, -0.25) is 14.9 Å². The number of nitrogens with one attached hydrogen (secondary N) is 1. The second-order valence-electron chi connectivity index (χ2n) is 5.64. The van der Waals surface area contributed by atoms with Crippen molar-refractivity contribution in [1.29, 1.82) is 0 Å². The van der Waals surface area contributed by atoms with Crippen LogP contribution in [0, 0.1) is 16.0 Å². The van der Waals surface area contributed by atoms with Gasteiger partial charge in [0.25, 0.3) is 11.6 Å². The number of nitro benzene ring substituents is 1. The molecule has 2 rings (SSSR count). The van der Waals surface area contributed by atoms with Gasteiger partial charge in [-0.1, -0.05) is 30.4 Å². The topological polar surface area (TPSA) is 84.6 Å². The Bertz CT molecular complexity index is 720. The summed E-state index contributed by atoms with van der Waals surface area (Å²) in [5.41, 5.74) is 5.04. The van der Waals surface area contributed by atoms with Crippen molar-refractivity contribution in [2.45, 2.75) is 26.7 Å². The number of allylic oxidation sites excluding steroid dienone is 3. The lowest BCUT2D eigenvalue weighted by molar-refractivity contribution is -0.385. The van der Waals surface area contributed by atoms with Gasteiger partial charge in [-0.25, -0.2) is 5.43 Å². The van der Waals surface area contributed by atoms with Crippen LogP contribution in [0.25, 0.3) is 0 Å². The van der Waals surface area contributed by atoms with E-state index in [1.165, 1.54) is 18.2 Å². The molecule has 1 amide bonds. The molecule has 1 aromatic rings. The molecule has 0 bridgehead atoms. The number of benzene rings is 1. The zero-order valence-electron chi connectivity index (χ0n) is 13.2. The van der Waals surface area contributed by atoms with Gasteiger partial charge in [-0.15, -0.1) is 0 Å². The van der Waals surface area contributed by atoms with Gasteiger partial charge in [0.15, 0.2) is 0 Å². The number of nitro groups is 1. The van der Waals surface area contributed by atoms with Crippen LogP contribution in [0.5, 0.6) is 0 Å². The summed E-state index contributed by atoms with van der Waals surface area (Å²) in [6.07, 6.45) is 3.69. The molecule has 0 saturated heterocycles. The van der Waals surface area contributed by atoms with Gasteiger partial charge >= 0.3 is 0 Å². The van der Waals surface area contributed by atoms with E-state index in [1.807, 2.05) is 13.8 Å². The summed E-state index contributed by atoms with van der Waals surface area (Å²) in [6.45, 7) is 7.88. The van der Waals surface area contributed by atoms with Gasteiger partial charge in [-0.05, 0) is 44.2 Å². The minimum absolute atomic E-state index is 0.00394. The van der Waals surface area contributed by atoms with Crippen LogP contribution in [-0.2, 0) is 0 Å². The number of nitrogens with zero attached hydrogens (tertiary/aromatic N) is 2. The number of carbonyl (C=O) groups is 1. The lowest BCUT2D eigenvalue weighted by atomic mass is 9.85. The number of amides is 1. The third-order valence-electron chi connectivity index (χ3n) is 3.94. The Hall–Kier alpha value is -2.76. The molecule has 1 atom stereocenters. The summed E-state index contributed by atoms with van der Waals surface area (Å²) in [5, 5.41) is 15.1. The van der Waals surface area contributed by atoms with Crippen molar-refractivity contribution in [3.63, 3.8) is 0 Å². The van der Waals surface area contributed by atoms with Crippen LogP contribution < -0.4 is 5.43 Å². The van der Waals surface area contributed by atoms with Crippen molar-refractivity contribution < 1.29 is 9.72 Å². The Morgan fingerprint density at radius 1 is 1.43 bits per heavy atom. The molecule has 120 valence electrons. The van der Waals surface area contributed by atoms with E-state index in [9.17, 15) is 14.9 Å². The highest BCUT2D eigenvalue weighted by molar-refractivity contribution is 6.03. The molecule has 0 aliphatic heterocycles. The van der Waals surface area contributed by atoms with Crippen LogP contribution in [0.2, 0.25) is 0 Å². The second kappa shape index (κ2) is 7.00. The highest BCUT2D eigenvalue weighted by Gasteiger charge is 2.21. The van der Waals surface area contributed by atoms with E-state index in [4.69, 9.17) is 0 Å². The van der Waals surface area contributed by atoms with Crippen LogP contribution in [0.15, 0.2) is 53.2 Å². The smallest absolute Gasteiger partial charge is 0.267 e. The van der Waals surface area contributed by atoms with E-state index >= 15 is 0 Å². The molecule has 0 fully saturated rings. The molecule has 0 aromatic heterocycles. The predicted octanol–water partition coefficient (Wildman–Crippen LogP) is 3.61. The molecule has 6 nitrogen and oxygen atoms in total. The van der Waals surface area contributed by atoms with Crippen molar-refractivity contribution in [1.82, 2.24) is 5.43 Å². The minimum Gasteiger partial charge on any atom is -0.267 e. The lowest BCUT2D eigenvalue weighted by Crippen LogP contribution is -2.23. The maximum atomic E-state index is 12.2. The van der Waals surface area contributed by atoms with Crippen LogP contribution >= 0.6 is 0 Å². The summed E-state index contributed by atoms with van der Waals surface area (Å²) in [4.78, 5) is 22.6. The van der Waals surface area contributed by atoms with E-state index < -0.39 is 10.8 Å². The Kier molecular flexibility index (Phi) is 5.05. The standard InChI is InChI=1S/C17H19N3O3/c1-11(2)13-9-8-12(3)15(10-13)18-19-17(21)14-6-4-5-7-16(14)20(22)23/h4-8,13H,1,9-10H2,2-3H3,(H,19,21)/b18-15-/t13-/m0/s1. The molecule has 6 heteroatoms. The number of carbonyl (C=O) groups excluding carboxylic acids is 1. The van der Waals surface area contributed by atoms with Gasteiger partial charge in [0, 0.05) is 6.07 Å². The van der Waals surface area contributed by atoms with Crippen molar-refractivity contribution in [3.05, 3.63) is 63.7 Å². The molecule has 1 aliphatic rings. The predicted molar refractivity (Wildman–Crippen MR) is 89.3 cm³/mol. The van der Waals surface area contributed by atoms with E-state index in [-0.39, 0.29) is 11.3 Å². The van der Waals surface area contributed by atoms with E-state index in [0.29, 0.717) is 12.3 Å². The second-order valence-corrected chi connectivity index (χ2v) is 5.64. The highest BCUT2D eigenvalue weighted by Crippen LogP contribution is 2.26. The summed E-state index contributed by atoms with van der Waals surface area (Å²) in [6, 6.07) is 5.81. The van der Waals surface area contributed by atoms with E-state index in [2.05, 4.69) is 23.2 Å². The molecule has 0 radical (unpaired) electrons. The normalized spacial score (nSPS) is 19.1. The maximum absolute atomic E-state index is 12.2. The summed E-state index contributed by atoms with van der Waals surface area (Å²) >= 11 is 0. The molecular formula is C17H19N3O3. The first-order valence-corrected chi connectivity index (χ1v) is 7.33. The van der Waals surface area contributed by atoms with Gasteiger partial charge in [-0.2, -0.15) is 5.10 Å². The third-order valence-corrected chi connectivity index (χ3v) is 3.94. The largest absolute Gasteiger partial charge is 0.282 e. The van der Waals surface area contributed by atoms with E-state index in [0.717, 1.165) is 23.3 Å². The first kappa shape index (κ1) is 16.6. The van der Waals surface area contributed by atoms with Crippen LogP contribution in [0.3, 0.4) is 0 Å². The zero-order valence-corrected chi connectivity index (χ0v) is 13.2. The van der Waals surface area contributed by atoms with E-state index in [1.54, 1.807) is 6.07 Å². The minimum atomic E-state index is -0.588. The number of hydrazone groups is 1. The maximum Gasteiger partial charge on any atom is 0.282 e. The fourth-order valence-electron chi connectivity index (χ4n) is 2.43. The SMILES string of the molecule is C=C(C)[C@H]1CC=C(C)/C(=N\NC(=O)c2ccccc2[N+](=O)[O-])C1. The summed E-state index contributed by atoms with van der Waals surface area (Å²) in [5.74, 6) is -0.282. The average Bonchev–Trinajstić information content (AvgIpc) is 2.53. The summed E-state index contributed by atoms with van der Waals surface area (Å²) < 4.78 is 0. The Balaban J connectivity index is 2.18. The fraction of sp³-hybridized carbons (Fsp3) is 0.294. The van der Waals surface area contributed by atoms with Crippen LogP contribution in [-0.4, -0.2) is 16.5 Å². The number of para-hydroxylation sites is 1. The summed E-state index contributed by atoms with van der Waals surface area (Å²) in [7, 11) is 0. The fourth-order valence-corrected chi connectivity index (χ4v) is 2.43. The molecule has 0 saturated carbocycles. The molecule has 1 aromatic carbocycles. The van der Waals surface area contributed by atoms with Gasteiger partial charge in [0.1, 0.15) is 5.56 Å². The Labute approximate surface area is 134 Å². The van der Waals surface area contributed by atoms with Crippen LogP contribution in [0.1, 0.15) is 37.0 Å². The number of rotatable bonds is 4. The average molecular weight is 313 g/mol. The highest BCUT2D eigenvalue weighted by atomic mass is 16.6. The first-order chi connectivity index (χ1) is 10.9. The van der Waals surface area contributed by atoms with Gasteiger partial charge in [0.2, 0.25) is 0 Å². The first-order valence-electron chi connectivity index (χ1n) is 7.33. The quantitative estimate of drug-likeness (QED) is 0.523. The molecule has 0 unspecified atom stereocenters. The molecule has 0 spiro atoms. The van der Waals surface area contributed by atoms with Crippen LogP contribution in [0.4, 0.5) is 5.69 Å².